The second-order valence-corrected chi connectivity index (χ2v) is 21.2. The molecule has 1 saturated carbocycles. The zero-order valence-corrected chi connectivity index (χ0v) is 46.2. The summed E-state index contributed by atoms with van der Waals surface area (Å²) in [5.41, 5.74) is -0.120. The molecule has 7 amide bonds. The summed E-state index contributed by atoms with van der Waals surface area (Å²) in [6.45, 7) is 11.7. The van der Waals surface area contributed by atoms with Gasteiger partial charge in [-0.1, -0.05) is 90.3 Å². The van der Waals surface area contributed by atoms with Crippen LogP contribution in [-0.4, -0.2) is 171 Å². The fraction of sp³-hybridized carbons (Fsp3) is 0.673. The minimum Gasteiger partial charge on any atom is -0.379 e. The molecule has 1 aliphatic carbocycles. The Morgan fingerprint density at radius 1 is 0.893 bits per heavy atom. The highest BCUT2D eigenvalue weighted by Crippen LogP contribution is 2.33. The molecule has 1 aromatic heterocycles. The van der Waals surface area contributed by atoms with Gasteiger partial charge in [0.05, 0.1) is 88.9 Å². The first-order valence-electron chi connectivity index (χ1n) is 26.8. The van der Waals surface area contributed by atoms with Gasteiger partial charge in [0.15, 0.2) is 0 Å². The molecular weight excluding hydrogens is 983 g/mol. The summed E-state index contributed by atoms with van der Waals surface area (Å²) >= 11 is 1.49. The lowest BCUT2D eigenvalue weighted by Gasteiger charge is -2.41. The van der Waals surface area contributed by atoms with E-state index in [2.05, 4.69) is 20.9 Å². The van der Waals surface area contributed by atoms with E-state index in [0.29, 0.717) is 38.6 Å². The summed E-state index contributed by atoms with van der Waals surface area (Å²) in [6.07, 6.45) is 8.52. The third-order valence-corrected chi connectivity index (χ3v) is 15.8. The quantitative estimate of drug-likeness (QED) is 0.0664. The Kier molecular flexibility index (Phi) is 24.8. The van der Waals surface area contributed by atoms with Gasteiger partial charge in [-0.05, 0) is 49.5 Å². The van der Waals surface area contributed by atoms with Crippen LogP contribution in [0.5, 0.6) is 0 Å². The van der Waals surface area contributed by atoms with Crippen molar-refractivity contribution in [2.75, 3.05) is 74.0 Å². The van der Waals surface area contributed by atoms with Crippen molar-refractivity contribution in [3.8, 4) is 0 Å². The highest BCUT2D eigenvalue weighted by molar-refractivity contribution is 7.09. The predicted octanol–water partition coefficient (Wildman–Crippen LogP) is 4.79. The molecule has 3 N–H and O–H groups in total. The number of thiazole rings is 1. The minimum absolute atomic E-state index is 0.0203. The van der Waals surface area contributed by atoms with Crippen molar-refractivity contribution in [2.24, 2.45) is 17.8 Å². The van der Waals surface area contributed by atoms with Crippen LogP contribution < -0.4 is 16.0 Å². The molecule has 8 atom stereocenters. The van der Waals surface area contributed by atoms with Crippen molar-refractivity contribution in [1.82, 2.24) is 35.6 Å². The van der Waals surface area contributed by atoms with Crippen molar-refractivity contribution in [1.29, 1.82) is 0 Å². The molecule has 0 unspecified atom stereocenters. The van der Waals surface area contributed by atoms with E-state index in [0.717, 1.165) is 34.7 Å². The van der Waals surface area contributed by atoms with E-state index >= 15 is 0 Å². The number of aromatic nitrogens is 1. The summed E-state index contributed by atoms with van der Waals surface area (Å²) in [5.74, 6) is -3.06. The lowest BCUT2D eigenvalue weighted by molar-refractivity contribution is -0.148. The highest BCUT2D eigenvalue weighted by atomic mass is 32.1. The molecule has 75 heavy (non-hydrogen) atoms. The van der Waals surface area contributed by atoms with Crippen LogP contribution in [-0.2, 0) is 63.7 Å². The van der Waals surface area contributed by atoms with E-state index in [-0.39, 0.29) is 125 Å². The zero-order chi connectivity index (χ0) is 54.5. The lowest BCUT2D eigenvalue weighted by Crippen LogP contribution is -2.63. The first kappa shape index (κ1) is 60.7. The Hall–Kier alpha value is -5.12. The number of carbonyl (C=O) groups excluding carboxylic acids is 7. The fourth-order valence-corrected chi connectivity index (χ4v) is 11.2. The van der Waals surface area contributed by atoms with Crippen molar-refractivity contribution in [2.45, 2.75) is 147 Å². The molecule has 0 bridgehead atoms. The van der Waals surface area contributed by atoms with Crippen molar-refractivity contribution >= 4 is 52.7 Å². The van der Waals surface area contributed by atoms with Gasteiger partial charge >= 0.3 is 0 Å². The molecule has 2 aromatic rings. The van der Waals surface area contributed by atoms with Crippen LogP contribution in [0, 0.1) is 17.8 Å². The maximum Gasteiger partial charge on any atom is 0.252 e. The van der Waals surface area contributed by atoms with Crippen LogP contribution >= 0.6 is 11.3 Å². The summed E-state index contributed by atoms with van der Waals surface area (Å²) in [7, 11) is 4.82. The second kappa shape index (κ2) is 30.6. The van der Waals surface area contributed by atoms with Gasteiger partial charge in [-0.3, -0.25) is 38.5 Å². The first-order valence-corrected chi connectivity index (χ1v) is 27.6. The molecule has 19 nitrogen and oxygen atoms in total. The molecular formula is C55H83N7O12S. The number of nitrogens with zero attached hydrogens (tertiary/aromatic N) is 4. The van der Waals surface area contributed by atoms with E-state index in [9.17, 15) is 33.6 Å². The number of ether oxygens (including phenoxy) is 5. The Morgan fingerprint density at radius 2 is 1.57 bits per heavy atom. The van der Waals surface area contributed by atoms with E-state index in [1.165, 1.54) is 17.4 Å². The standard InChI is InChI=1S/C55H83N7O12S/c1-9-38(4)49(43(70-7)36-47(66)61-26-16-19-42(61)50(71-8)39(5)51(67)57-41(52-56-25-34-75-52)35-40-17-11-10-12-18-40)60(6)53(68)48(37(2)3)58-54(69)55(23-13-14-24-55)59-44(63)22-28-72-30-32-74-33-31-73-29-27-62-45(64)20-15-21-46(62)65/h10-12,15,17-18,20,25,34,37-39,41-43,48-50H,9,13-14,16,19,21-24,26-33,35-36H2,1-8H3,(H,57,67)(H,58,69)(H,59,63)/t38-,39+,41-,42-,43+,48-,49-,50+/m0/s1. The van der Waals surface area contributed by atoms with Gasteiger partial charge in [-0.15, -0.1) is 11.3 Å². The highest BCUT2D eigenvalue weighted by Gasteiger charge is 2.46. The number of likely N-dealkylation sites (N-methyl/N-ethyl adjacent to an activating group) is 1. The zero-order valence-electron chi connectivity index (χ0n) is 45.4. The summed E-state index contributed by atoms with van der Waals surface area (Å²) < 4.78 is 28.8. The molecule has 0 spiro atoms. The molecule has 3 heterocycles. The number of rotatable bonds is 32. The molecule has 5 rings (SSSR count). The van der Waals surface area contributed by atoms with E-state index in [1.807, 2.05) is 75.2 Å². The van der Waals surface area contributed by atoms with Crippen LogP contribution in [0.25, 0.3) is 0 Å². The number of imide groups is 1. The second-order valence-electron chi connectivity index (χ2n) is 20.3. The summed E-state index contributed by atoms with van der Waals surface area (Å²) in [4.78, 5) is 104. The van der Waals surface area contributed by atoms with Crippen LogP contribution in [0.3, 0.4) is 0 Å². The number of nitrogens with one attached hydrogen (secondary N) is 3. The number of methoxy groups -OCH3 is 2. The van der Waals surface area contributed by atoms with Gasteiger partial charge < -0.3 is 49.4 Å². The van der Waals surface area contributed by atoms with Gasteiger partial charge in [0.2, 0.25) is 35.4 Å². The average molecular weight is 1070 g/mol. The topological polar surface area (TPSA) is 224 Å². The Balaban J connectivity index is 1.13. The van der Waals surface area contributed by atoms with Crippen molar-refractivity contribution < 1.29 is 57.2 Å². The number of hydrogen-bond donors (Lipinski definition) is 3. The smallest absolute Gasteiger partial charge is 0.252 e. The van der Waals surface area contributed by atoms with Crippen LogP contribution in [0.4, 0.5) is 0 Å². The van der Waals surface area contributed by atoms with Crippen LogP contribution in [0.1, 0.15) is 115 Å². The maximum atomic E-state index is 14.7. The van der Waals surface area contributed by atoms with Crippen molar-refractivity contribution in [3.05, 3.63) is 64.6 Å². The predicted molar refractivity (Wildman–Crippen MR) is 283 cm³/mol. The molecule has 2 fully saturated rings. The normalized spacial score (nSPS) is 19.3. The number of amides is 7. The Bertz CT molecular complexity index is 2170. The Labute approximate surface area is 447 Å². The van der Waals surface area contributed by atoms with E-state index < -0.39 is 41.7 Å². The van der Waals surface area contributed by atoms with E-state index in [4.69, 9.17) is 23.7 Å². The van der Waals surface area contributed by atoms with Gasteiger partial charge in [0.25, 0.3) is 5.91 Å². The summed E-state index contributed by atoms with van der Waals surface area (Å²) in [5, 5.41) is 12.0. The first-order chi connectivity index (χ1) is 36.0. The van der Waals surface area contributed by atoms with Crippen LogP contribution in [0.2, 0.25) is 0 Å². The molecule has 1 saturated heterocycles. The monoisotopic (exact) mass is 1070 g/mol. The Morgan fingerprint density at radius 3 is 2.19 bits per heavy atom. The van der Waals surface area contributed by atoms with Gasteiger partial charge in [0, 0.05) is 58.3 Å². The third kappa shape index (κ3) is 17.2. The number of carbonyl (C=O) groups is 7. The molecule has 2 aliphatic heterocycles. The number of hydrogen-bond acceptors (Lipinski definition) is 14. The van der Waals surface area contributed by atoms with Gasteiger partial charge in [-0.25, -0.2) is 4.98 Å². The number of benzene rings is 1. The summed E-state index contributed by atoms with van der Waals surface area (Å²) in [6, 6.07) is 7.76. The van der Waals surface area contributed by atoms with Gasteiger partial charge in [-0.2, -0.15) is 0 Å². The molecule has 1 aromatic carbocycles. The maximum absolute atomic E-state index is 14.7. The van der Waals surface area contributed by atoms with Gasteiger partial charge in [0.1, 0.15) is 16.6 Å². The molecule has 20 heteroatoms. The van der Waals surface area contributed by atoms with E-state index in [1.54, 1.807) is 38.4 Å². The molecule has 416 valence electrons. The molecule has 3 aliphatic rings. The minimum atomic E-state index is -1.19. The van der Waals surface area contributed by atoms with Crippen molar-refractivity contribution in [3.63, 3.8) is 0 Å². The SMILES string of the molecule is CC[C@H](C)[C@@H]([C@@H](CC(=O)N1CCC[C@H]1[C@H](OC)[C@@H](C)C(=O)N[C@@H](Cc1ccccc1)c1nccs1)OC)N(C)C(=O)[C@@H](NC(=O)C1(NC(=O)CCOCCOCCOCCN2C(=O)C=CCC2=O)CCCC1)C(C)C. The third-order valence-electron chi connectivity index (χ3n) is 14.9. The lowest BCUT2D eigenvalue weighted by atomic mass is 9.89. The van der Waals surface area contributed by atoms with Crippen LogP contribution in [0.15, 0.2) is 54.1 Å². The number of likely N-dealkylation sites (tertiary alicyclic amines) is 1. The fourth-order valence-electron chi connectivity index (χ4n) is 10.5. The molecule has 0 radical (unpaired) electrons. The average Bonchev–Trinajstić information content (AvgIpc) is 4.22. The largest absolute Gasteiger partial charge is 0.379 e.